The van der Waals surface area contributed by atoms with Crippen LogP contribution in [0.25, 0.3) is 0 Å². The molecule has 0 radical (unpaired) electrons. The third-order valence-electron chi connectivity index (χ3n) is 2.35. The minimum Gasteiger partial charge on any atom is -0.508 e. The predicted octanol–water partition coefficient (Wildman–Crippen LogP) is 3.20. The van der Waals surface area contributed by atoms with Crippen LogP contribution in [0.2, 0.25) is 0 Å². The Labute approximate surface area is 94.3 Å². The zero-order chi connectivity index (χ0) is 11.5. The first-order chi connectivity index (χ1) is 7.66. The number of phenolic OH excluding ortho intramolecular Hbond substituents is 1. The zero-order valence-corrected chi connectivity index (χ0v) is 9.27. The lowest BCUT2D eigenvalue weighted by Gasteiger charge is -2.08. The normalized spacial score (nSPS) is 10.1. The monoisotopic (exact) mass is 215 g/mol. The molecule has 3 nitrogen and oxygen atoms in total. The van der Waals surface area contributed by atoms with Crippen LogP contribution < -0.4 is 4.74 Å². The Hall–Kier alpha value is -2.03. The summed E-state index contributed by atoms with van der Waals surface area (Å²) in [5.41, 5.74) is 1.80. The van der Waals surface area contributed by atoms with Crippen molar-refractivity contribution >= 4 is 0 Å². The molecule has 1 aromatic heterocycles. The van der Waals surface area contributed by atoms with E-state index in [4.69, 9.17) is 4.74 Å². The molecule has 0 saturated heterocycles. The van der Waals surface area contributed by atoms with Crippen LogP contribution in [0.4, 0.5) is 0 Å². The molecule has 0 saturated carbocycles. The predicted molar refractivity (Wildman–Crippen MR) is 61.9 cm³/mol. The summed E-state index contributed by atoms with van der Waals surface area (Å²) in [4.78, 5) is 4.14. The SMILES string of the molecule is Cc1ccc(Oc2cccc(O)c2C)nc1. The Bertz CT molecular complexity index is 492. The maximum absolute atomic E-state index is 9.52. The number of benzene rings is 1. The van der Waals surface area contributed by atoms with Crippen LogP contribution in [-0.4, -0.2) is 10.1 Å². The van der Waals surface area contributed by atoms with Gasteiger partial charge in [0.25, 0.3) is 0 Å². The van der Waals surface area contributed by atoms with Crippen molar-refractivity contribution in [2.75, 3.05) is 0 Å². The lowest BCUT2D eigenvalue weighted by molar-refractivity contribution is 0.439. The first-order valence-corrected chi connectivity index (χ1v) is 5.06. The topological polar surface area (TPSA) is 42.4 Å². The van der Waals surface area contributed by atoms with Crippen LogP contribution in [0, 0.1) is 13.8 Å². The highest BCUT2D eigenvalue weighted by molar-refractivity contribution is 5.44. The third kappa shape index (κ3) is 2.14. The lowest BCUT2D eigenvalue weighted by atomic mass is 10.2. The number of pyridine rings is 1. The standard InChI is InChI=1S/C13H13NO2/c1-9-6-7-13(14-8-9)16-12-5-3-4-11(15)10(12)2/h3-8,15H,1-2H3. The van der Waals surface area contributed by atoms with E-state index < -0.39 is 0 Å². The quantitative estimate of drug-likeness (QED) is 0.836. The van der Waals surface area contributed by atoms with Crippen LogP contribution >= 0.6 is 0 Å². The summed E-state index contributed by atoms with van der Waals surface area (Å²) in [6.45, 7) is 3.77. The molecule has 0 bridgehead atoms. The van der Waals surface area contributed by atoms with Crippen LogP contribution in [0.5, 0.6) is 17.4 Å². The van der Waals surface area contributed by atoms with E-state index in [0.717, 1.165) is 5.56 Å². The molecule has 0 spiro atoms. The number of nitrogens with zero attached hydrogens (tertiary/aromatic N) is 1. The molecule has 16 heavy (non-hydrogen) atoms. The van der Waals surface area contributed by atoms with Crippen LogP contribution in [-0.2, 0) is 0 Å². The summed E-state index contributed by atoms with van der Waals surface area (Å²) >= 11 is 0. The summed E-state index contributed by atoms with van der Waals surface area (Å²) < 4.78 is 5.57. The molecular weight excluding hydrogens is 202 g/mol. The molecule has 0 atom stereocenters. The van der Waals surface area contributed by atoms with Crippen molar-refractivity contribution in [2.45, 2.75) is 13.8 Å². The van der Waals surface area contributed by atoms with Gasteiger partial charge in [-0.15, -0.1) is 0 Å². The van der Waals surface area contributed by atoms with Crippen LogP contribution in [0.3, 0.4) is 0 Å². The number of ether oxygens (including phenoxy) is 1. The largest absolute Gasteiger partial charge is 0.508 e. The van der Waals surface area contributed by atoms with Crippen molar-refractivity contribution in [3.05, 3.63) is 47.7 Å². The molecular formula is C13H13NO2. The fourth-order valence-electron chi connectivity index (χ4n) is 1.34. The molecule has 1 aromatic carbocycles. The van der Waals surface area contributed by atoms with Crippen LogP contribution in [0.15, 0.2) is 36.5 Å². The van der Waals surface area contributed by atoms with Crippen molar-refractivity contribution < 1.29 is 9.84 Å². The van der Waals surface area contributed by atoms with Gasteiger partial charge in [-0.2, -0.15) is 0 Å². The van der Waals surface area contributed by atoms with Gasteiger partial charge in [-0.05, 0) is 31.5 Å². The van der Waals surface area contributed by atoms with Gasteiger partial charge < -0.3 is 9.84 Å². The van der Waals surface area contributed by atoms with Gasteiger partial charge in [0, 0.05) is 17.8 Å². The fourth-order valence-corrected chi connectivity index (χ4v) is 1.34. The summed E-state index contributed by atoms with van der Waals surface area (Å²) in [6, 6.07) is 8.91. The summed E-state index contributed by atoms with van der Waals surface area (Å²) in [5.74, 6) is 1.38. The lowest BCUT2D eigenvalue weighted by Crippen LogP contribution is -1.90. The van der Waals surface area contributed by atoms with Crippen molar-refractivity contribution in [3.8, 4) is 17.4 Å². The Morgan fingerprint density at radius 2 is 1.94 bits per heavy atom. The number of aromatic hydroxyl groups is 1. The smallest absolute Gasteiger partial charge is 0.219 e. The minimum atomic E-state index is 0.226. The molecule has 1 N–H and O–H groups in total. The van der Waals surface area contributed by atoms with Gasteiger partial charge in [-0.25, -0.2) is 4.98 Å². The van der Waals surface area contributed by atoms with Crippen molar-refractivity contribution in [1.29, 1.82) is 0 Å². The summed E-state index contributed by atoms with van der Waals surface area (Å²) in [5, 5.41) is 9.52. The van der Waals surface area contributed by atoms with E-state index in [0.29, 0.717) is 17.2 Å². The molecule has 0 aliphatic rings. The third-order valence-corrected chi connectivity index (χ3v) is 2.35. The maximum atomic E-state index is 9.52. The van der Waals surface area contributed by atoms with E-state index >= 15 is 0 Å². The van der Waals surface area contributed by atoms with Gasteiger partial charge in [0.2, 0.25) is 5.88 Å². The number of aromatic nitrogens is 1. The number of phenols is 1. The van der Waals surface area contributed by atoms with Crippen LogP contribution in [0.1, 0.15) is 11.1 Å². The maximum Gasteiger partial charge on any atom is 0.219 e. The van der Waals surface area contributed by atoms with Crippen molar-refractivity contribution in [3.63, 3.8) is 0 Å². The first-order valence-electron chi connectivity index (χ1n) is 5.06. The molecule has 3 heteroatoms. The Balaban J connectivity index is 2.27. The van der Waals surface area contributed by atoms with Gasteiger partial charge in [0.05, 0.1) is 0 Å². The average Bonchev–Trinajstić information content (AvgIpc) is 2.28. The average molecular weight is 215 g/mol. The second-order valence-electron chi connectivity index (χ2n) is 3.68. The van der Waals surface area contributed by atoms with E-state index in [1.807, 2.05) is 13.0 Å². The van der Waals surface area contributed by atoms with E-state index in [1.54, 1.807) is 37.4 Å². The van der Waals surface area contributed by atoms with E-state index in [-0.39, 0.29) is 5.75 Å². The van der Waals surface area contributed by atoms with Gasteiger partial charge in [0.1, 0.15) is 11.5 Å². The Morgan fingerprint density at radius 3 is 2.62 bits per heavy atom. The van der Waals surface area contributed by atoms with E-state index in [9.17, 15) is 5.11 Å². The molecule has 2 aromatic rings. The molecule has 1 heterocycles. The zero-order valence-electron chi connectivity index (χ0n) is 9.27. The Kier molecular flexibility index (Phi) is 2.77. The molecule has 0 aliphatic heterocycles. The second-order valence-corrected chi connectivity index (χ2v) is 3.68. The van der Waals surface area contributed by atoms with E-state index in [1.165, 1.54) is 0 Å². The fraction of sp³-hybridized carbons (Fsp3) is 0.154. The highest BCUT2D eigenvalue weighted by Crippen LogP contribution is 2.29. The molecule has 0 amide bonds. The van der Waals surface area contributed by atoms with Gasteiger partial charge in [-0.1, -0.05) is 12.1 Å². The minimum absolute atomic E-state index is 0.226. The summed E-state index contributed by atoms with van der Waals surface area (Å²) in [6.07, 6.45) is 1.74. The van der Waals surface area contributed by atoms with Gasteiger partial charge >= 0.3 is 0 Å². The van der Waals surface area contributed by atoms with Gasteiger partial charge in [-0.3, -0.25) is 0 Å². The molecule has 0 fully saturated rings. The molecule has 82 valence electrons. The highest BCUT2D eigenvalue weighted by Gasteiger charge is 2.05. The van der Waals surface area contributed by atoms with Gasteiger partial charge in [0.15, 0.2) is 0 Å². The number of hydrogen-bond donors (Lipinski definition) is 1. The molecule has 0 unspecified atom stereocenters. The number of rotatable bonds is 2. The summed E-state index contributed by atoms with van der Waals surface area (Å²) in [7, 11) is 0. The second kappa shape index (κ2) is 4.23. The first kappa shape index (κ1) is 10.5. The Morgan fingerprint density at radius 1 is 1.12 bits per heavy atom. The van der Waals surface area contributed by atoms with Crippen molar-refractivity contribution in [1.82, 2.24) is 4.98 Å². The highest BCUT2D eigenvalue weighted by atomic mass is 16.5. The molecule has 0 aliphatic carbocycles. The van der Waals surface area contributed by atoms with Crippen molar-refractivity contribution in [2.24, 2.45) is 0 Å². The molecule has 2 rings (SSSR count). The number of hydrogen-bond acceptors (Lipinski definition) is 3. The number of aryl methyl sites for hydroxylation is 1. The van der Waals surface area contributed by atoms with E-state index in [2.05, 4.69) is 4.98 Å².